The molecule has 0 amide bonds. The van der Waals surface area contributed by atoms with Gasteiger partial charge in [0.1, 0.15) is 0 Å². The Morgan fingerprint density at radius 3 is 1.55 bits per heavy atom. The summed E-state index contributed by atoms with van der Waals surface area (Å²) in [5, 5.41) is 0. The van der Waals surface area contributed by atoms with Crippen molar-refractivity contribution >= 4 is 57.2 Å². The summed E-state index contributed by atoms with van der Waals surface area (Å²) in [5.74, 6) is 0. The van der Waals surface area contributed by atoms with E-state index in [9.17, 15) is 0 Å². The van der Waals surface area contributed by atoms with E-state index < -0.39 is 0 Å². The van der Waals surface area contributed by atoms with E-state index in [2.05, 4.69) is 242 Å². The molecule has 2 nitrogen and oxygen atoms in total. The van der Waals surface area contributed by atoms with Crippen LogP contribution in [0, 0.1) is 13.8 Å². The van der Waals surface area contributed by atoms with Crippen molar-refractivity contribution in [1.29, 1.82) is 0 Å². The van der Waals surface area contributed by atoms with E-state index in [0.29, 0.717) is 0 Å². The van der Waals surface area contributed by atoms with E-state index in [-0.39, 0.29) is 23.0 Å². The van der Waals surface area contributed by atoms with Crippen LogP contribution < -0.4 is 26.2 Å². The van der Waals surface area contributed by atoms with Crippen LogP contribution in [-0.4, -0.2) is 6.71 Å². The second-order valence-corrected chi connectivity index (χ2v) is 21.1. The fourth-order valence-corrected chi connectivity index (χ4v) is 11.6. The van der Waals surface area contributed by atoms with Crippen LogP contribution in [0.25, 0.3) is 33.4 Å². The van der Waals surface area contributed by atoms with Gasteiger partial charge in [-0.05, 0) is 151 Å². The topological polar surface area (TPSA) is 6.48 Å². The lowest BCUT2D eigenvalue weighted by atomic mass is 9.33. The fraction of sp³-hybridized carbons (Fsp3) is 0.213. The molecular formula is C61H57BN2. The Bertz CT molecular complexity index is 3140. The summed E-state index contributed by atoms with van der Waals surface area (Å²) in [6, 6.07) is 64.5. The first kappa shape index (κ1) is 40.2. The lowest BCUT2D eigenvalue weighted by Crippen LogP contribution is -2.61. The van der Waals surface area contributed by atoms with Gasteiger partial charge in [0.05, 0.1) is 5.69 Å². The maximum absolute atomic E-state index is 2.64. The third kappa shape index (κ3) is 6.38. The monoisotopic (exact) mass is 828 g/mol. The SMILES string of the molecule is Cc1cc2c3c(c1)N(c1ccc(C(C)(C)C)cc1-c1ccccc1)c1cc(-c4ccccc4)ccc1B3c1cc3c(cc1N2c1cc(-c2ccccc2)ccc1C)C(C)(C)CC3(C)C. The Hall–Kier alpha value is -6.58. The van der Waals surface area contributed by atoms with Gasteiger partial charge in [0.2, 0.25) is 0 Å². The van der Waals surface area contributed by atoms with Gasteiger partial charge in [0.25, 0.3) is 6.71 Å². The molecule has 64 heavy (non-hydrogen) atoms. The van der Waals surface area contributed by atoms with Crippen molar-refractivity contribution in [3.05, 3.63) is 198 Å². The first-order valence-electron chi connectivity index (χ1n) is 23.2. The summed E-state index contributed by atoms with van der Waals surface area (Å²) in [7, 11) is 0. The van der Waals surface area contributed by atoms with Crippen LogP contribution in [0.15, 0.2) is 170 Å². The van der Waals surface area contributed by atoms with E-state index in [0.717, 1.165) is 6.42 Å². The van der Waals surface area contributed by atoms with Gasteiger partial charge < -0.3 is 9.80 Å². The number of aryl methyl sites for hydroxylation is 2. The highest BCUT2D eigenvalue weighted by molar-refractivity contribution is 7.00. The molecule has 3 heteroatoms. The second-order valence-electron chi connectivity index (χ2n) is 21.1. The quantitative estimate of drug-likeness (QED) is 0.160. The van der Waals surface area contributed by atoms with Crippen LogP contribution in [0.3, 0.4) is 0 Å². The zero-order valence-corrected chi connectivity index (χ0v) is 38.8. The molecule has 0 N–H and O–H groups in total. The van der Waals surface area contributed by atoms with Crippen molar-refractivity contribution in [2.75, 3.05) is 9.80 Å². The molecule has 0 saturated heterocycles. The molecule has 0 unspecified atom stereocenters. The highest BCUT2D eigenvalue weighted by Gasteiger charge is 2.48. The van der Waals surface area contributed by atoms with Crippen molar-refractivity contribution in [1.82, 2.24) is 0 Å². The predicted molar refractivity (Wildman–Crippen MR) is 276 cm³/mol. The largest absolute Gasteiger partial charge is 0.311 e. The molecule has 2 aliphatic heterocycles. The molecule has 8 aromatic rings. The molecule has 0 fully saturated rings. The Morgan fingerprint density at radius 1 is 0.438 bits per heavy atom. The Labute approximate surface area is 381 Å². The minimum Gasteiger partial charge on any atom is -0.311 e. The maximum atomic E-state index is 2.64. The van der Waals surface area contributed by atoms with Crippen LogP contribution in [0.1, 0.15) is 82.7 Å². The molecule has 0 radical (unpaired) electrons. The highest BCUT2D eigenvalue weighted by Crippen LogP contribution is 2.53. The van der Waals surface area contributed by atoms with E-state index in [1.165, 1.54) is 112 Å². The van der Waals surface area contributed by atoms with Gasteiger partial charge in [0, 0.05) is 34.0 Å². The molecule has 0 atom stereocenters. The van der Waals surface area contributed by atoms with Gasteiger partial charge in [-0.15, -0.1) is 0 Å². The summed E-state index contributed by atoms with van der Waals surface area (Å²) in [6.45, 7) is 21.4. The Kier molecular flexibility index (Phi) is 9.10. The number of fused-ring (bicyclic) bond motifs is 5. The second kappa shape index (κ2) is 14.5. The van der Waals surface area contributed by atoms with Crippen molar-refractivity contribution in [3.63, 3.8) is 0 Å². The average molecular weight is 829 g/mol. The molecule has 3 aliphatic rings. The minimum atomic E-state index is -0.0189. The van der Waals surface area contributed by atoms with Crippen LogP contribution >= 0.6 is 0 Å². The van der Waals surface area contributed by atoms with Crippen molar-refractivity contribution in [2.24, 2.45) is 0 Å². The molecule has 1 aliphatic carbocycles. The fourth-order valence-electron chi connectivity index (χ4n) is 11.6. The highest BCUT2D eigenvalue weighted by atomic mass is 15.2. The zero-order chi connectivity index (χ0) is 44.3. The molecule has 0 spiro atoms. The molecular weight excluding hydrogens is 771 g/mol. The van der Waals surface area contributed by atoms with Gasteiger partial charge in [0.15, 0.2) is 0 Å². The third-order valence-corrected chi connectivity index (χ3v) is 14.5. The molecule has 11 rings (SSSR count). The number of hydrogen-bond donors (Lipinski definition) is 0. The summed E-state index contributed by atoms with van der Waals surface area (Å²) >= 11 is 0. The number of benzene rings is 8. The van der Waals surface area contributed by atoms with Crippen molar-refractivity contribution in [3.8, 4) is 33.4 Å². The van der Waals surface area contributed by atoms with Gasteiger partial charge in [-0.25, -0.2) is 0 Å². The van der Waals surface area contributed by atoms with Gasteiger partial charge in [-0.1, -0.05) is 176 Å². The van der Waals surface area contributed by atoms with Crippen molar-refractivity contribution < 1.29 is 0 Å². The normalized spacial score (nSPS) is 15.4. The standard InChI is InChI=1S/C61H57BN2/c1-39-31-56-58-57(32-39)64(53-33-44(26-25-40(53)2)41-19-13-10-14-20-41)55-37-49-48(60(6,7)38-61(49,8)9)36-51(55)62(58)50-29-27-45(42-21-15-11-16-22-42)34-54(50)63(56)52-30-28-46(59(3,4)5)35-47(52)43-23-17-12-18-24-43/h10-37H,38H2,1-9H3. The van der Waals surface area contributed by atoms with E-state index in [1.807, 2.05) is 0 Å². The number of anilines is 6. The third-order valence-electron chi connectivity index (χ3n) is 14.5. The number of rotatable bonds is 5. The Morgan fingerprint density at radius 2 is 0.953 bits per heavy atom. The van der Waals surface area contributed by atoms with Crippen molar-refractivity contribution in [2.45, 2.75) is 85.0 Å². The summed E-state index contributed by atoms with van der Waals surface area (Å²) in [5.41, 5.74) is 25.7. The van der Waals surface area contributed by atoms with Crippen LogP contribution in [0.4, 0.5) is 34.1 Å². The molecule has 0 saturated carbocycles. The number of nitrogens with zero attached hydrogens (tertiary/aromatic N) is 2. The van der Waals surface area contributed by atoms with E-state index in [4.69, 9.17) is 0 Å². The van der Waals surface area contributed by atoms with E-state index >= 15 is 0 Å². The number of hydrogen-bond acceptors (Lipinski definition) is 2. The molecule has 314 valence electrons. The summed E-state index contributed by atoms with van der Waals surface area (Å²) in [4.78, 5) is 5.26. The summed E-state index contributed by atoms with van der Waals surface area (Å²) < 4.78 is 0. The predicted octanol–water partition coefficient (Wildman–Crippen LogP) is 14.6. The van der Waals surface area contributed by atoms with Gasteiger partial charge in [-0.3, -0.25) is 0 Å². The molecule has 8 aromatic carbocycles. The minimum absolute atomic E-state index is 0.0179. The summed E-state index contributed by atoms with van der Waals surface area (Å²) in [6.07, 6.45) is 1.11. The smallest absolute Gasteiger partial charge is 0.252 e. The van der Waals surface area contributed by atoms with Crippen LogP contribution in [0.5, 0.6) is 0 Å². The lowest BCUT2D eigenvalue weighted by Gasteiger charge is -2.45. The van der Waals surface area contributed by atoms with Crippen LogP contribution in [0.2, 0.25) is 0 Å². The maximum Gasteiger partial charge on any atom is 0.252 e. The molecule has 2 heterocycles. The lowest BCUT2D eigenvalue weighted by molar-refractivity contribution is 0.403. The van der Waals surface area contributed by atoms with Gasteiger partial charge in [-0.2, -0.15) is 0 Å². The first-order valence-corrected chi connectivity index (χ1v) is 23.2. The van der Waals surface area contributed by atoms with Crippen LogP contribution in [-0.2, 0) is 16.2 Å². The average Bonchev–Trinajstić information content (AvgIpc) is 3.47. The first-order chi connectivity index (χ1) is 30.7. The molecule has 0 bridgehead atoms. The van der Waals surface area contributed by atoms with E-state index in [1.54, 1.807) is 0 Å². The van der Waals surface area contributed by atoms with Gasteiger partial charge >= 0.3 is 0 Å². The Balaban J connectivity index is 1.26. The zero-order valence-electron chi connectivity index (χ0n) is 38.8. The molecule has 0 aromatic heterocycles.